The summed E-state index contributed by atoms with van der Waals surface area (Å²) in [5.41, 5.74) is 2.38. The highest BCUT2D eigenvalue weighted by molar-refractivity contribution is 7.94. The second-order valence-electron chi connectivity index (χ2n) is 7.27. The highest BCUT2D eigenvalue weighted by atomic mass is 35.5. The third kappa shape index (κ3) is 2.97. The van der Waals surface area contributed by atoms with Gasteiger partial charge in [0.25, 0.3) is 10.0 Å². The molecule has 2 aliphatic rings. The lowest BCUT2D eigenvalue weighted by Crippen LogP contribution is -2.39. The first-order chi connectivity index (χ1) is 13.4. The molecule has 5 nitrogen and oxygen atoms in total. The van der Waals surface area contributed by atoms with E-state index >= 15 is 0 Å². The molecule has 0 radical (unpaired) electrons. The molecule has 0 amide bonds. The molecular weight excluding hydrogens is 416 g/mol. The maximum absolute atomic E-state index is 13.1. The van der Waals surface area contributed by atoms with E-state index in [-0.39, 0.29) is 6.10 Å². The Bertz CT molecular complexity index is 1190. The zero-order valence-electron chi connectivity index (χ0n) is 15.2. The van der Waals surface area contributed by atoms with Gasteiger partial charge in [0.05, 0.1) is 0 Å². The number of anilines is 1. The fraction of sp³-hybridized carbons (Fsp3) is 0.300. The molecular formula is C20H19ClN2O3S2. The van der Waals surface area contributed by atoms with Gasteiger partial charge in [-0.05, 0) is 67.2 Å². The zero-order chi connectivity index (χ0) is 19.5. The lowest BCUT2D eigenvalue weighted by atomic mass is 9.89. The predicted molar refractivity (Wildman–Crippen MR) is 113 cm³/mol. The Hall–Kier alpha value is -1.80. The highest BCUT2D eigenvalue weighted by Crippen LogP contribution is 2.43. The van der Waals surface area contributed by atoms with Crippen LogP contribution in [0.4, 0.5) is 5.69 Å². The molecule has 2 atom stereocenters. The summed E-state index contributed by atoms with van der Waals surface area (Å²) in [4.78, 5) is 0. The minimum absolute atomic E-state index is 0.130. The van der Waals surface area contributed by atoms with E-state index in [0.717, 1.165) is 46.5 Å². The van der Waals surface area contributed by atoms with Crippen LogP contribution in [0.1, 0.15) is 23.5 Å². The first-order valence-corrected chi connectivity index (χ1v) is 11.8. The molecule has 3 aromatic rings. The third-order valence-corrected chi connectivity index (χ3v) is 8.97. The number of fused-ring (bicyclic) bond motifs is 4. The van der Waals surface area contributed by atoms with Crippen molar-refractivity contribution in [2.24, 2.45) is 0 Å². The summed E-state index contributed by atoms with van der Waals surface area (Å²) in [6.07, 6.45) is 1.12. The molecule has 0 aliphatic carbocycles. The molecule has 1 fully saturated rings. The minimum Gasteiger partial charge on any atom is -0.488 e. The van der Waals surface area contributed by atoms with Crippen LogP contribution in [-0.4, -0.2) is 27.6 Å². The molecule has 1 aromatic heterocycles. The molecule has 2 aromatic carbocycles. The molecule has 0 saturated carbocycles. The Morgan fingerprint density at radius 1 is 1.25 bits per heavy atom. The molecule has 2 N–H and O–H groups in total. The number of sulfonamides is 1. The number of hydrogen-bond acceptors (Lipinski definition) is 5. The summed E-state index contributed by atoms with van der Waals surface area (Å²) >= 11 is 7.34. The van der Waals surface area contributed by atoms with Crippen LogP contribution in [0, 0.1) is 6.92 Å². The van der Waals surface area contributed by atoms with Crippen LogP contribution in [0.2, 0.25) is 5.02 Å². The van der Waals surface area contributed by atoms with Crippen molar-refractivity contribution in [1.29, 1.82) is 0 Å². The summed E-state index contributed by atoms with van der Waals surface area (Å²) in [6.45, 7) is 3.59. The lowest BCUT2D eigenvalue weighted by Gasteiger charge is -2.24. The molecule has 1 saturated heterocycles. The molecule has 0 bridgehead atoms. The van der Waals surface area contributed by atoms with Crippen LogP contribution in [0.15, 0.2) is 40.6 Å². The van der Waals surface area contributed by atoms with E-state index in [1.165, 1.54) is 11.3 Å². The molecule has 0 spiro atoms. The topological polar surface area (TPSA) is 67.4 Å². The fourth-order valence-corrected chi connectivity index (χ4v) is 7.08. The summed E-state index contributed by atoms with van der Waals surface area (Å²) in [5.74, 6) is 1.17. The van der Waals surface area contributed by atoms with Gasteiger partial charge >= 0.3 is 0 Å². The van der Waals surface area contributed by atoms with Gasteiger partial charge in [-0.15, -0.1) is 11.3 Å². The number of halogens is 1. The van der Waals surface area contributed by atoms with Crippen molar-refractivity contribution in [3.8, 4) is 5.75 Å². The molecule has 2 unspecified atom stereocenters. The standard InChI is InChI=1S/C20H19ClN2O3S2/c1-11-15-8-12(21)2-5-19(15)27-20(11)28(24,25)23-13-3-4-17-16(9-13)14-6-7-22-10-18(14)26-17/h2-5,8-9,14,18,22-23H,6-7,10H2,1H3. The van der Waals surface area contributed by atoms with Crippen LogP contribution in [-0.2, 0) is 10.0 Å². The van der Waals surface area contributed by atoms with Gasteiger partial charge in [-0.3, -0.25) is 4.72 Å². The van der Waals surface area contributed by atoms with Crippen molar-refractivity contribution >= 4 is 48.7 Å². The summed E-state index contributed by atoms with van der Waals surface area (Å²) in [6, 6.07) is 11.0. The number of thiophene rings is 1. The number of rotatable bonds is 3. The van der Waals surface area contributed by atoms with Crippen molar-refractivity contribution in [2.45, 2.75) is 29.6 Å². The number of benzene rings is 2. The zero-order valence-corrected chi connectivity index (χ0v) is 17.5. The molecule has 28 heavy (non-hydrogen) atoms. The van der Waals surface area contributed by atoms with E-state index in [4.69, 9.17) is 16.3 Å². The van der Waals surface area contributed by atoms with Crippen molar-refractivity contribution in [2.75, 3.05) is 17.8 Å². The van der Waals surface area contributed by atoms with E-state index in [9.17, 15) is 8.42 Å². The van der Waals surface area contributed by atoms with E-state index in [2.05, 4.69) is 10.0 Å². The van der Waals surface area contributed by atoms with Gasteiger partial charge in [0.15, 0.2) is 0 Å². The van der Waals surface area contributed by atoms with Crippen LogP contribution >= 0.6 is 22.9 Å². The average molecular weight is 435 g/mol. The number of aryl methyl sites for hydroxylation is 1. The number of ether oxygens (including phenoxy) is 1. The van der Waals surface area contributed by atoms with E-state index < -0.39 is 10.0 Å². The minimum atomic E-state index is -3.69. The number of piperidine rings is 1. The van der Waals surface area contributed by atoms with Crippen molar-refractivity contribution in [1.82, 2.24) is 5.32 Å². The van der Waals surface area contributed by atoms with Crippen LogP contribution in [0.3, 0.4) is 0 Å². The van der Waals surface area contributed by atoms with Gasteiger partial charge in [-0.1, -0.05) is 11.6 Å². The van der Waals surface area contributed by atoms with Gasteiger partial charge in [0, 0.05) is 33.4 Å². The summed E-state index contributed by atoms with van der Waals surface area (Å²) in [5, 5.41) is 4.81. The van der Waals surface area contributed by atoms with E-state index in [1.54, 1.807) is 12.1 Å². The maximum atomic E-state index is 13.1. The van der Waals surface area contributed by atoms with Gasteiger partial charge < -0.3 is 10.1 Å². The SMILES string of the molecule is Cc1c(S(=O)(=O)Nc2ccc3c(c2)C2CCNCC2O3)sc2ccc(Cl)cc12. The molecule has 3 heterocycles. The molecule has 146 valence electrons. The van der Waals surface area contributed by atoms with Gasteiger partial charge in [0.1, 0.15) is 16.1 Å². The quantitative estimate of drug-likeness (QED) is 0.636. The molecule has 2 aliphatic heterocycles. The molecule has 8 heteroatoms. The van der Waals surface area contributed by atoms with Gasteiger partial charge in [0.2, 0.25) is 0 Å². The third-order valence-electron chi connectivity index (χ3n) is 5.46. The largest absolute Gasteiger partial charge is 0.488 e. The Morgan fingerprint density at radius 3 is 2.96 bits per heavy atom. The van der Waals surface area contributed by atoms with Crippen LogP contribution in [0.5, 0.6) is 5.75 Å². The van der Waals surface area contributed by atoms with Crippen LogP contribution < -0.4 is 14.8 Å². The first kappa shape index (κ1) is 18.2. The second kappa shape index (κ2) is 6.62. The highest BCUT2D eigenvalue weighted by Gasteiger charge is 2.36. The summed E-state index contributed by atoms with van der Waals surface area (Å²) in [7, 11) is -3.69. The first-order valence-electron chi connectivity index (χ1n) is 9.15. The Morgan fingerprint density at radius 2 is 2.11 bits per heavy atom. The number of nitrogens with one attached hydrogen (secondary N) is 2. The second-order valence-corrected chi connectivity index (χ2v) is 10.6. The van der Waals surface area contributed by atoms with Gasteiger partial charge in [-0.2, -0.15) is 0 Å². The van der Waals surface area contributed by atoms with E-state index in [0.29, 0.717) is 20.8 Å². The fourth-order valence-electron chi connectivity index (χ4n) is 4.11. The number of hydrogen-bond donors (Lipinski definition) is 2. The average Bonchev–Trinajstić information content (AvgIpc) is 3.20. The smallest absolute Gasteiger partial charge is 0.271 e. The lowest BCUT2D eigenvalue weighted by molar-refractivity contribution is 0.177. The van der Waals surface area contributed by atoms with Crippen molar-refractivity contribution in [3.63, 3.8) is 0 Å². The normalized spacial score (nSPS) is 21.2. The van der Waals surface area contributed by atoms with E-state index in [1.807, 2.05) is 31.2 Å². The maximum Gasteiger partial charge on any atom is 0.271 e. The van der Waals surface area contributed by atoms with Crippen molar-refractivity contribution in [3.05, 3.63) is 52.5 Å². The Labute approximate surface area is 172 Å². The van der Waals surface area contributed by atoms with Gasteiger partial charge in [-0.25, -0.2) is 8.42 Å². The predicted octanol–water partition coefficient (Wildman–Crippen LogP) is 4.50. The monoisotopic (exact) mass is 434 g/mol. The summed E-state index contributed by atoms with van der Waals surface area (Å²) < 4.78 is 36.2. The molecule has 5 rings (SSSR count). The Balaban J connectivity index is 1.49. The van der Waals surface area contributed by atoms with Crippen molar-refractivity contribution < 1.29 is 13.2 Å². The Kier molecular flexibility index (Phi) is 4.32. The van der Waals surface area contributed by atoms with Crippen LogP contribution in [0.25, 0.3) is 10.1 Å².